The van der Waals surface area contributed by atoms with Gasteiger partial charge in [-0.1, -0.05) is 72.6 Å². The molecule has 1 N–H and O–H groups in total. The number of halogens is 2. The van der Waals surface area contributed by atoms with Gasteiger partial charge < -0.3 is 24.5 Å². The average molecular weight is 637 g/mol. The van der Waals surface area contributed by atoms with Crippen LogP contribution in [-0.4, -0.2) is 87.5 Å². The fourth-order valence-electron chi connectivity index (χ4n) is 6.79. The van der Waals surface area contributed by atoms with Crippen LogP contribution in [0.5, 0.6) is 0 Å². The third-order valence-corrected chi connectivity index (χ3v) is 9.60. The Morgan fingerprint density at radius 1 is 1.25 bits per heavy atom. The number of benzene rings is 1. The Morgan fingerprint density at radius 2 is 1.93 bits per heavy atom. The largest absolute Gasteiger partial charge is 0.394 e. The predicted octanol–water partition coefficient (Wildman–Crippen LogP) is 4.05. The number of ether oxygens (including phenoxy) is 1. The summed E-state index contributed by atoms with van der Waals surface area (Å²) in [6.07, 6.45) is 3.84. The zero-order chi connectivity index (χ0) is 29.4. The van der Waals surface area contributed by atoms with E-state index in [4.69, 9.17) is 16.3 Å². The number of para-hydroxylation sites is 1. The van der Waals surface area contributed by atoms with Crippen molar-refractivity contribution in [1.82, 2.24) is 9.80 Å². The first kappa shape index (κ1) is 30.8. The molecule has 0 aromatic heterocycles. The van der Waals surface area contributed by atoms with Gasteiger partial charge >= 0.3 is 0 Å². The van der Waals surface area contributed by atoms with Crippen molar-refractivity contribution in [3.8, 4) is 0 Å². The molecular weight excluding hydrogens is 598 g/mol. The van der Waals surface area contributed by atoms with E-state index in [2.05, 4.69) is 29.1 Å². The molecule has 3 amide bonds. The lowest BCUT2D eigenvalue weighted by Gasteiger charge is -2.40. The minimum Gasteiger partial charge on any atom is -0.394 e. The van der Waals surface area contributed by atoms with E-state index in [0.717, 1.165) is 6.42 Å². The molecule has 40 heavy (non-hydrogen) atoms. The Bertz CT molecular complexity index is 1160. The monoisotopic (exact) mass is 635 g/mol. The van der Waals surface area contributed by atoms with E-state index in [1.54, 1.807) is 41.3 Å². The molecule has 1 aromatic carbocycles. The minimum atomic E-state index is -1.25. The second-order valence-corrected chi connectivity index (χ2v) is 12.7. The number of alkyl halides is 1. The molecule has 8 nitrogen and oxygen atoms in total. The molecule has 7 atom stereocenters. The number of nitrogens with zero attached hydrogens (tertiary/aromatic N) is 3. The summed E-state index contributed by atoms with van der Waals surface area (Å²) in [5.41, 5.74) is -0.760. The number of anilines is 1. The van der Waals surface area contributed by atoms with Crippen molar-refractivity contribution in [2.45, 2.75) is 62.2 Å². The number of hydrogen-bond acceptors (Lipinski definition) is 5. The van der Waals surface area contributed by atoms with Crippen LogP contribution in [0.25, 0.3) is 0 Å². The maximum absolute atomic E-state index is 14.7. The van der Waals surface area contributed by atoms with E-state index in [1.807, 2.05) is 20.8 Å². The van der Waals surface area contributed by atoms with Crippen LogP contribution >= 0.6 is 27.5 Å². The number of likely N-dealkylation sites (tertiary alicyclic amines) is 1. The zero-order valence-electron chi connectivity index (χ0n) is 23.3. The summed E-state index contributed by atoms with van der Waals surface area (Å²) in [6.45, 7) is 14.1. The van der Waals surface area contributed by atoms with Gasteiger partial charge in [0.15, 0.2) is 0 Å². The fraction of sp³-hybridized carbons (Fsp3) is 0.567. The summed E-state index contributed by atoms with van der Waals surface area (Å²) >= 11 is 10.3. The van der Waals surface area contributed by atoms with Gasteiger partial charge in [0.2, 0.25) is 11.8 Å². The van der Waals surface area contributed by atoms with Crippen molar-refractivity contribution in [2.75, 3.05) is 31.1 Å². The third kappa shape index (κ3) is 4.93. The molecule has 10 heteroatoms. The average Bonchev–Trinajstić information content (AvgIpc) is 3.51. The molecule has 0 aliphatic carbocycles. The number of carbonyl (C=O) groups is 3. The van der Waals surface area contributed by atoms with Gasteiger partial charge in [0.1, 0.15) is 11.6 Å². The Hall–Kier alpha value is -2.20. The summed E-state index contributed by atoms with van der Waals surface area (Å²) in [6, 6.07) is 5.30. The van der Waals surface area contributed by atoms with E-state index < -0.39 is 35.6 Å². The van der Waals surface area contributed by atoms with E-state index >= 15 is 0 Å². The first-order valence-electron chi connectivity index (χ1n) is 13.9. The number of aliphatic hydroxyl groups is 1. The molecule has 3 saturated heterocycles. The van der Waals surface area contributed by atoms with Gasteiger partial charge in [-0.05, 0) is 30.9 Å². The van der Waals surface area contributed by atoms with Gasteiger partial charge in [-0.15, -0.1) is 13.2 Å². The van der Waals surface area contributed by atoms with Gasteiger partial charge in [0.05, 0.1) is 41.3 Å². The Labute approximate surface area is 250 Å². The molecule has 3 aliphatic heterocycles. The molecule has 4 rings (SSSR count). The number of amides is 3. The lowest BCUT2D eigenvalue weighted by atomic mass is 9.70. The lowest BCUT2D eigenvalue weighted by molar-refractivity contribution is -0.148. The van der Waals surface area contributed by atoms with Gasteiger partial charge in [-0.2, -0.15) is 0 Å². The number of rotatable bonds is 12. The number of carbonyl (C=O) groups excluding carboxylic acids is 3. The number of aliphatic hydroxyl groups excluding tert-OH is 1. The van der Waals surface area contributed by atoms with Crippen LogP contribution in [-0.2, 0) is 19.1 Å². The molecule has 0 radical (unpaired) electrons. The van der Waals surface area contributed by atoms with Gasteiger partial charge in [0.25, 0.3) is 5.91 Å². The van der Waals surface area contributed by atoms with Crippen LogP contribution in [0.3, 0.4) is 0 Å². The molecular formula is C30H39BrClN3O5. The second kappa shape index (κ2) is 12.3. The highest BCUT2D eigenvalue weighted by molar-refractivity contribution is 9.09. The SMILES string of the molecule is C=CCN(CCC)C(=O)[C@H]1[C@H]2C(=O)N([C@@H](CO)C(C)C)C(C(=O)N(CC=C)c3ccccc3Cl)C23CC(Br)[C@@H]1O3. The molecule has 218 valence electrons. The Kier molecular flexibility index (Phi) is 9.49. The molecule has 0 saturated carbocycles. The summed E-state index contributed by atoms with van der Waals surface area (Å²) < 4.78 is 6.67. The van der Waals surface area contributed by atoms with Gasteiger partial charge in [-0.3, -0.25) is 14.4 Å². The van der Waals surface area contributed by atoms with Crippen molar-refractivity contribution < 1.29 is 24.2 Å². The van der Waals surface area contributed by atoms with Crippen LogP contribution in [0.15, 0.2) is 49.6 Å². The quantitative estimate of drug-likeness (QED) is 0.276. The van der Waals surface area contributed by atoms with Gasteiger partial charge in [-0.25, -0.2) is 0 Å². The standard InChI is InChI=1S/C30H39BrClN3O5/c1-6-13-33(14-7-2)27(37)23-24-28(38)35(22(17-36)18(4)5)26(30(24)16-19(31)25(23)40-30)29(39)34(15-8-3)21-12-10-9-11-20(21)32/h6,8-12,18-19,22-26,36H,1,3,7,13-17H2,2,4-5H3/t19?,22-,23-,24-,25-,26?,30?/m0/s1. The molecule has 3 aliphatic rings. The third-order valence-electron chi connectivity index (χ3n) is 8.44. The van der Waals surface area contributed by atoms with Crippen LogP contribution in [0.1, 0.15) is 33.6 Å². The number of fused-ring (bicyclic) bond motifs is 1. The van der Waals surface area contributed by atoms with E-state index in [1.165, 1.54) is 9.80 Å². The molecule has 1 spiro atoms. The minimum absolute atomic E-state index is 0.153. The maximum atomic E-state index is 14.7. The van der Waals surface area contributed by atoms with Crippen LogP contribution in [0.4, 0.5) is 5.69 Å². The number of hydrogen-bond donors (Lipinski definition) is 1. The highest BCUT2D eigenvalue weighted by Crippen LogP contribution is 2.61. The van der Waals surface area contributed by atoms with Crippen molar-refractivity contribution in [2.24, 2.45) is 17.8 Å². The normalized spacial score (nSPS) is 29.4. The van der Waals surface area contributed by atoms with Gasteiger partial charge in [0, 0.05) is 24.5 Å². The maximum Gasteiger partial charge on any atom is 0.253 e. The smallest absolute Gasteiger partial charge is 0.253 e. The molecule has 3 unspecified atom stereocenters. The van der Waals surface area contributed by atoms with E-state index in [9.17, 15) is 19.5 Å². The highest BCUT2D eigenvalue weighted by atomic mass is 79.9. The predicted molar refractivity (Wildman–Crippen MR) is 159 cm³/mol. The Balaban J connectivity index is 1.87. The summed E-state index contributed by atoms with van der Waals surface area (Å²) in [5.74, 6) is -2.68. The van der Waals surface area contributed by atoms with E-state index in [-0.39, 0.29) is 41.6 Å². The first-order valence-corrected chi connectivity index (χ1v) is 15.2. The zero-order valence-corrected chi connectivity index (χ0v) is 25.7. The topological polar surface area (TPSA) is 90.4 Å². The van der Waals surface area contributed by atoms with Crippen molar-refractivity contribution in [3.63, 3.8) is 0 Å². The van der Waals surface area contributed by atoms with Crippen LogP contribution in [0.2, 0.25) is 5.02 Å². The second-order valence-electron chi connectivity index (χ2n) is 11.2. The molecule has 2 bridgehead atoms. The van der Waals surface area contributed by atoms with Crippen LogP contribution in [0, 0.1) is 17.8 Å². The van der Waals surface area contributed by atoms with E-state index in [0.29, 0.717) is 30.2 Å². The molecule has 3 fully saturated rings. The first-order chi connectivity index (χ1) is 19.1. The lowest BCUT2D eigenvalue weighted by Crippen LogP contribution is -2.60. The summed E-state index contributed by atoms with van der Waals surface area (Å²) in [7, 11) is 0. The van der Waals surface area contributed by atoms with Crippen molar-refractivity contribution in [1.29, 1.82) is 0 Å². The Morgan fingerprint density at radius 3 is 2.50 bits per heavy atom. The molecule has 1 aromatic rings. The van der Waals surface area contributed by atoms with Crippen LogP contribution < -0.4 is 4.90 Å². The summed E-state index contributed by atoms with van der Waals surface area (Å²) in [5, 5.41) is 10.9. The highest BCUT2D eigenvalue weighted by Gasteiger charge is 2.77. The summed E-state index contributed by atoms with van der Waals surface area (Å²) in [4.78, 5) is 47.7. The molecule has 3 heterocycles. The fourth-order valence-corrected chi connectivity index (χ4v) is 7.97. The van der Waals surface area contributed by atoms with Crippen molar-refractivity contribution >= 4 is 50.9 Å². The van der Waals surface area contributed by atoms with Crippen molar-refractivity contribution in [3.05, 3.63) is 54.6 Å².